The van der Waals surface area contributed by atoms with E-state index in [0.717, 1.165) is 28.5 Å². The van der Waals surface area contributed by atoms with Gasteiger partial charge in [-0.25, -0.2) is 0 Å². The van der Waals surface area contributed by atoms with Crippen molar-refractivity contribution in [2.45, 2.75) is 45.1 Å². The van der Waals surface area contributed by atoms with Crippen molar-refractivity contribution in [2.75, 3.05) is 19.6 Å². The molecule has 1 fully saturated rings. The average molecular weight is 374 g/mol. The Hall–Kier alpha value is -0.0900. The average Bonchev–Trinajstić information content (AvgIpc) is 2.70. The molecule has 1 aromatic carbocycles. The second kappa shape index (κ2) is 8.52. The number of hydrogen-bond donors (Lipinski definition) is 1. The van der Waals surface area contributed by atoms with E-state index >= 15 is 0 Å². The molecule has 1 saturated heterocycles. The van der Waals surface area contributed by atoms with Crippen LogP contribution < -0.4 is 5.73 Å². The molecule has 0 spiro atoms. The molecule has 118 valence electrons. The number of likely N-dealkylation sites (tertiary alicyclic amines) is 1. The predicted octanol–water partition coefficient (Wildman–Crippen LogP) is 5.00. The van der Waals surface area contributed by atoms with Crippen molar-refractivity contribution in [3.05, 3.63) is 33.3 Å². The molecular formula is C17H26BrClN2. The van der Waals surface area contributed by atoms with Crippen LogP contribution in [0.3, 0.4) is 0 Å². The van der Waals surface area contributed by atoms with Crippen molar-refractivity contribution in [2.24, 2.45) is 11.7 Å². The van der Waals surface area contributed by atoms with Crippen molar-refractivity contribution in [1.82, 2.24) is 4.90 Å². The number of nitrogens with zero attached hydrogens (tertiary/aromatic N) is 1. The number of hydrogen-bond acceptors (Lipinski definition) is 2. The first-order valence-electron chi connectivity index (χ1n) is 8.04. The van der Waals surface area contributed by atoms with Crippen molar-refractivity contribution in [1.29, 1.82) is 0 Å². The molecule has 0 radical (unpaired) electrons. The van der Waals surface area contributed by atoms with Crippen molar-refractivity contribution >= 4 is 27.5 Å². The zero-order valence-electron chi connectivity index (χ0n) is 12.8. The molecular weight excluding hydrogens is 348 g/mol. The molecule has 1 heterocycles. The Kier molecular flexibility index (Phi) is 7.00. The van der Waals surface area contributed by atoms with Gasteiger partial charge < -0.3 is 5.73 Å². The minimum Gasteiger partial charge on any atom is -0.329 e. The first-order chi connectivity index (χ1) is 10.2. The third-order valence-corrected chi connectivity index (χ3v) is 5.79. The van der Waals surface area contributed by atoms with Gasteiger partial charge in [-0.3, -0.25) is 4.90 Å². The van der Waals surface area contributed by atoms with Crippen LogP contribution in [0.15, 0.2) is 22.7 Å². The number of benzene rings is 1. The Labute approximate surface area is 142 Å². The molecule has 1 aliphatic rings. The highest BCUT2D eigenvalue weighted by Gasteiger charge is 2.23. The van der Waals surface area contributed by atoms with Crippen LogP contribution in [0.2, 0.25) is 5.02 Å². The highest BCUT2D eigenvalue weighted by molar-refractivity contribution is 9.10. The minimum absolute atomic E-state index is 0.305. The number of nitrogens with two attached hydrogens (primary N) is 1. The van der Waals surface area contributed by atoms with Gasteiger partial charge in [0.05, 0.1) is 5.02 Å². The Morgan fingerprint density at radius 1 is 1.38 bits per heavy atom. The fourth-order valence-corrected chi connectivity index (χ4v) is 3.93. The van der Waals surface area contributed by atoms with E-state index in [4.69, 9.17) is 17.3 Å². The van der Waals surface area contributed by atoms with E-state index in [2.05, 4.69) is 39.9 Å². The Morgan fingerprint density at radius 3 is 2.86 bits per heavy atom. The van der Waals surface area contributed by atoms with Crippen molar-refractivity contribution in [3.8, 4) is 0 Å². The van der Waals surface area contributed by atoms with E-state index in [9.17, 15) is 0 Å². The Morgan fingerprint density at radius 2 is 2.19 bits per heavy atom. The van der Waals surface area contributed by atoms with Gasteiger partial charge in [-0.05, 0) is 71.9 Å². The summed E-state index contributed by atoms with van der Waals surface area (Å²) in [5, 5.41) is 0.758. The van der Waals surface area contributed by atoms with Crippen LogP contribution in [0.25, 0.3) is 0 Å². The lowest BCUT2D eigenvalue weighted by molar-refractivity contribution is 0.206. The second-order valence-electron chi connectivity index (χ2n) is 6.05. The first kappa shape index (κ1) is 17.3. The molecule has 0 bridgehead atoms. The van der Waals surface area contributed by atoms with Gasteiger partial charge in [0.25, 0.3) is 0 Å². The molecule has 4 heteroatoms. The largest absolute Gasteiger partial charge is 0.329 e. The van der Waals surface area contributed by atoms with Gasteiger partial charge in [-0.15, -0.1) is 0 Å². The highest BCUT2D eigenvalue weighted by Crippen LogP contribution is 2.31. The third-order valence-electron chi connectivity index (χ3n) is 4.57. The van der Waals surface area contributed by atoms with Crippen LogP contribution in [0.5, 0.6) is 0 Å². The highest BCUT2D eigenvalue weighted by atomic mass is 79.9. The number of rotatable bonds is 5. The summed E-state index contributed by atoms with van der Waals surface area (Å²) in [6.07, 6.45) is 6.63. The van der Waals surface area contributed by atoms with E-state index in [1.54, 1.807) is 0 Å². The summed E-state index contributed by atoms with van der Waals surface area (Å²) < 4.78 is 0.957. The van der Waals surface area contributed by atoms with Crippen LogP contribution in [-0.2, 0) is 0 Å². The summed E-state index contributed by atoms with van der Waals surface area (Å²) in [7, 11) is 0. The van der Waals surface area contributed by atoms with Crippen LogP contribution in [-0.4, -0.2) is 24.5 Å². The van der Waals surface area contributed by atoms with E-state index in [-0.39, 0.29) is 0 Å². The van der Waals surface area contributed by atoms with Gasteiger partial charge >= 0.3 is 0 Å². The molecule has 2 rings (SSSR count). The molecule has 2 atom stereocenters. The fourth-order valence-electron chi connectivity index (χ4n) is 3.41. The topological polar surface area (TPSA) is 29.3 Å². The van der Waals surface area contributed by atoms with Gasteiger partial charge in [0.1, 0.15) is 0 Å². The second-order valence-corrected chi connectivity index (χ2v) is 7.31. The molecule has 0 aliphatic carbocycles. The van der Waals surface area contributed by atoms with Gasteiger partial charge in [-0.2, -0.15) is 0 Å². The lowest BCUT2D eigenvalue weighted by Gasteiger charge is -2.30. The molecule has 2 nitrogen and oxygen atoms in total. The lowest BCUT2D eigenvalue weighted by atomic mass is 9.96. The van der Waals surface area contributed by atoms with Gasteiger partial charge in [0.2, 0.25) is 0 Å². The van der Waals surface area contributed by atoms with Crippen LogP contribution in [0.4, 0.5) is 0 Å². The van der Waals surface area contributed by atoms with E-state index in [0.29, 0.717) is 12.6 Å². The summed E-state index contributed by atoms with van der Waals surface area (Å²) >= 11 is 9.62. The van der Waals surface area contributed by atoms with Crippen molar-refractivity contribution < 1.29 is 0 Å². The summed E-state index contributed by atoms with van der Waals surface area (Å²) in [6, 6.07) is 6.49. The van der Waals surface area contributed by atoms with Crippen LogP contribution >= 0.6 is 27.5 Å². The molecule has 2 N–H and O–H groups in total. The summed E-state index contributed by atoms with van der Waals surface area (Å²) in [4.78, 5) is 2.56. The maximum atomic E-state index is 6.10. The van der Waals surface area contributed by atoms with Crippen LogP contribution in [0, 0.1) is 5.92 Å². The monoisotopic (exact) mass is 372 g/mol. The number of halogens is 2. The standard InChI is InChI=1S/C17H26BrClN2/c1-2-4-13-5-3-9-21(10-8-13)17(12-20)14-6-7-16(19)15(18)11-14/h6-7,11,13,17H,2-5,8-10,12,20H2,1H3. The van der Waals surface area contributed by atoms with Gasteiger partial charge in [0.15, 0.2) is 0 Å². The zero-order valence-corrected chi connectivity index (χ0v) is 15.2. The maximum absolute atomic E-state index is 6.10. The molecule has 21 heavy (non-hydrogen) atoms. The predicted molar refractivity (Wildman–Crippen MR) is 94.8 cm³/mol. The van der Waals surface area contributed by atoms with E-state index in [1.807, 2.05) is 6.07 Å². The summed E-state index contributed by atoms with van der Waals surface area (Å²) in [6.45, 7) is 5.26. The zero-order chi connectivity index (χ0) is 15.2. The van der Waals surface area contributed by atoms with E-state index in [1.165, 1.54) is 37.7 Å². The summed E-state index contributed by atoms with van der Waals surface area (Å²) in [5.74, 6) is 0.898. The Bertz CT molecular complexity index is 452. The van der Waals surface area contributed by atoms with Gasteiger partial charge in [-0.1, -0.05) is 37.4 Å². The molecule has 0 aromatic heterocycles. The molecule has 1 aliphatic heterocycles. The van der Waals surface area contributed by atoms with Crippen LogP contribution in [0.1, 0.15) is 50.6 Å². The minimum atomic E-state index is 0.305. The smallest absolute Gasteiger partial charge is 0.0548 e. The molecule has 1 aromatic rings. The normalized spacial score (nSPS) is 22.0. The van der Waals surface area contributed by atoms with Crippen molar-refractivity contribution in [3.63, 3.8) is 0 Å². The lowest BCUT2D eigenvalue weighted by Crippen LogP contribution is -2.34. The fraction of sp³-hybridized carbons (Fsp3) is 0.647. The SMILES string of the molecule is CCCC1CCCN(C(CN)c2ccc(Cl)c(Br)c2)CC1. The first-order valence-corrected chi connectivity index (χ1v) is 9.21. The quantitative estimate of drug-likeness (QED) is 0.786. The molecule has 0 amide bonds. The summed E-state index contributed by atoms with van der Waals surface area (Å²) in [5.41, 5.74) is 7.34. The van der Waals surface area contributed by atoms with E-state index < -0.39 is 0 Å². The molecule has 0 saturated carbocycles. The third kappa shape index (κ3) is 4.69. The Balaban J connectivity index is 2.08. The maximum Gasteiger partial charge on any atom is 0.0548 e. The van der Waals surface area contributed by atoms with Gasteiger partial charge in [0, 0.05) is 17.1 Å². The molecule has 2 unspecified atom stereocenters.